The van der Waals surface area contributed by atoms with E-state index in [9.17, 15) is 5.11 Å². The zero-order chi connectivity index (χ0) is 15.4. The van der Waals surface area contributed by atoms with Crippen LogP contribution in [0, 0.1) is 6.92 Å². The van der Waals surface area contributed by atoms with Gasteiger partial charge in [-0.05, 0) is 33.0 Å². The number of anilines is 1. The highest BCUT2D eigenvalue weighted by Gasteiger charge is 2.22. The Labute approximate surface area is 126 Å². The molecule has 1 aromatic heterocycles. The highest BCUT2D eigenvalue weighted by molar-refractivity contribution is 5.55. The molecular formula is C16H24N4O. The van der Waals surface area contributed by atoms with E-state index < -0.39 is 0 Å². The summed E-state index contributed by atoms with van der Waals surface area (Å²) in [6.45, 7) is 4.87. The lowest BCUT2D eigenvalue weighted by Crippen LogP contribution is -2.34. The second-order valence-electron chi connectivity index (χ2n) is 5.31. The van der Waals surface area contributed by atoms with Crippen molar-refractivity contribution in [2.75, 3.05) is 25.6 Å². The molecule has 1 aromatic carbocycles. The maximum absolute atomic E-state index is 9.47. The Kier molecular flexibility index (Phi) is 4.98. The van der Waals surface area contributed by atoms with Gasteiger partial charge in [-0.2, -0.15) is 5.10 Å². The standard InChI is InChI=1S/C16H24N4O/c1-12(11-21)19(4)16-15(10-17-3)13(2)18-20(16)14-8-6-5-7-9-14/h5-9,12,17,21H,10-11H2,1-4H3. The number of benzene rings is 1. The average molecular weight is 288 g/mol. The summed E-state index contributed by atoms with van der Waals surface area (Å²) in [5.41, 5.74) is 3.18. The average Bonchev–Trinajstić information content (AvgIpc) is 2.84. The summed E-state index contributed by atoms with van der Waals surface area (Å²) >= 11 is 0. The monoisotopic (exact) mass is 288 g/mol. The summed E-state index contributed by atoms with van der Waals surface area (Å²) in [7, 11) is 3.93. The number of aliphatic hydroxyl groups excluding tert-OH is 1. The molecule has 0 spiro atoms. The van der Waals surface area contributed by atoms with Crippen LogP contribution in [0.25, 0.3) is 5.69 Å². The first-order chi connectivity index (χ1) is 10.1. The van der Waals surface area contributed by atoms with E-state index >= 15 is 0 Å². The third kappa shape index (κ3) is 3.09. The summed E-state index contributed by atoms with van der Waals surface area (Å²) in [5, 5.41) is 17.4. The Bertz CT molecular complexity index is 579. The van der Waals surface area contributed by atoms with Crippen LogP contribution in [0.4, 0.5) is 5.82 Å². The van der Waals surface area contributed by atoms with Crippen molar-refractivity contribution >= 4 is 5.82 Å². The molecule has 1 heterocycles. The first-order valence-corrected chi connectivity index (χ1v) is 7.22. The molecule has 0 bridgehead atoms. The van der Waals surface area contributed by atoms with Crippen LogP contribution in [0.3, 0.4) is 0 Å². The molecule has 21 heavy (non-hydrogen) atoms. The first kappa shape index (κ1) is 15.5. The Morgan fingerprint density at radius 2 is 2.00 bits per heavy atom. The molecule has 1 atom stereocenters. The predicted molar refractivity (Wildman–Crippen MR) is 86.0 cm³/mol. The van der Waals surface area contributed by atoms with Gasteiger partial charge in [-0.25, -0.2) is 4.68 Å². The highest BCUT2D eigenvalue weighted by atomic mass is 16.3. The minimum Gasteiger partial charge on any atom is -0.394 e. The van der Waals surface area contributed by atoms with E-state index in [0.29, 0.717) is 0 Å². The molecule has 1 unspecified atom stereocenters. The number of nitrogens with one attached hydrogen (secondary N) is 1. The lowest BCUT2D eigenvalue weighted by Gasteiger charge is -2.27. The molecule has 0 aliphatic heterocycles. The maximum Gasteiger partial charge on any atom is 0.137 e. The number of aliphatic hydroxyl groups is 1. The fourth-order valence-electron chi connectivity index (χ4n) is 2.37. The van der Waals surface area contributed by atoms with Gasteiger partial charge >= 0.3 is 0 Å². The Hall–Kier alpha value is -1.85. The van der Waals surface area contributed by atoms with E-state index in [2.05, 4.69) is 10.2 Å². The van der Waals surface area contributed by atoms with Crippen LogP contribution < -0.4 is 10.2 Å². The van der Waals surface area contributed by atoms with Gasteiger partial charge in [0.25, 0.3) is 0 Å². The molecule has 0 aliphatic carbocycles. The van der Waals surface area contributed by atoms with Crippen molar-refractivity contribution in [3.05, 3.63) is 41.6 Å². The SMILES string of the molecule is CNCc1c(C)nn(-c2ccccc2)c1N(C)C(C)CO. The van der Waals surface area contributed by atoms with Gasteiger partial charge in [-0.15, -0.1) is 0 Å². The van der Waals surface area contributed by atoms with Crippen molar-refractivity contribution in [3.63, 3.8) is 0 Å². The van der Waals surface area contributed by atoms with Gasteiger partial charge in [0.15, 0.2) is 0 Å². The molecule has 0 saturated carbocycles. The van der Waals surface area contributed by atoms with Crippen molar-refractivity contribution in [3.8, 4) is 5.69 Å². The van der Waals surface area contributed by atoms with E-state index in [1.807, 2.05) is 63.0 Å². The molecule has 5 nitrogen and oxygen atoms in total. The number of likely N-dealkylation sites (N-methyl/N-ethyl adjacent to an activating group) is 1. The fraction of sp³-hybridized carbons (Fsp3) is 0.438. The van der Waals surface area contributed by atoms with Crippen LogP contribution in [0.15, 0.2) is 30.3 Å². The minimum absolute atomic E-state index is 0.0270. The maximum atomic E-state index is 9.47. The third-order valence-corrected chi connectivity index (χ3v) is 3.77. The van der Waals surface area contributed by atoms with Gasteiger partial charge < -0.3 is 15.3 Å². The van der Waals surface area contributed by atoms with Gasteiger partial charge in [0.1, 0.15) is 5.82 Å². The zero-order valence-electron chi connectivity index (χ0n) is 13.2. The molecule has 0 amide bonds. The second-order valence-corrected chi connectivity index (χ2v) is 5.31. The molecule has 2 rings (SSSR count). The van der Waals surface area contributed by atoms with Gasteiger partial charge in [-0.1, -0.05) is 18.2 Å². The molecule has 0 saturated heterocycles. The van der Waals surface area contributed by atoms with Gasteiger partial charge in [0.05, 0.1) is 24.0 Å². The molecule has 2 N–H and O–H groups in total. The molecule has 5 heteroatoms. The highest BCUT2D eigenvalue weighted by Crippen LogP contribution is 2.27. The number of hydrogen-bond donors (Lipinski definition) is 2. The predicted octanol–water partition coefficient (Wildman–Crippen LogP) is 1.72. The molecular weight excluding hydrogens is 264 g/mol. The fourth-order valence-corrected chi connectivity index (χ4v) is 2.37. The number of rotatable bonds is 6. The first-order valence-electron chi connectivity index (χ1n) is 7.22. The largest absolute Gasteiger partial charge is 0.394 e. The number of aromatic nitrogens is 2. The van der Waals surface area contributed by atoms with Crippen LogP contribution in [0.2, 0.25) is 0 Å². The Balaban J connectivity index is 2.57. The van der Waals surface area contributed by atoms with Crippen LogP contribution >= 0.6 is 0 Å². The van der Waals surface area contributed by atoms with E-state index in [-0.39, 0.29) is 12.6 Å². The van der Waals surface area contributed by atoms with Crippen LogP contribution in [0.1, 0.15) is 18.2 Å². The van der Waals surface area contributed by atoms with Crippen LogP contribution in [-0.2, 0) is 6.54 Å². The Morgan fingerprint density at radius 1 is 1.33 bits per heavy atom. The third-order valence-electron chi connectivity index (χ3n) is 3.77. The van der Waals surface area contributed by atoms with E-state index in [1.54, 1.807) is 0 Å². The van der Waals surface area contributed by atoms with Crippen LogP contribution in [0.5, 0.6) is 0 Å². The van der Waals surface area contributed by atoms with E-state index in [0.717, 1.165) is 29.3 Å². The number of aryl methyl sites for hydroxylation is 1. The van der Waals surface area contributed by atoms with Crippen LogP contribution in [-0.4, -0.2) is 41.6 Å². The number of para-hydroxylation sites is 1. The quantitative estimate of drug-likeness (QED) is 0.850. The van der Waals surface area contributed by atoms with Crippen molar-refractivity contribution in [1.29, 1.82) is 0 Å². The molecule has 2 aromatic rings. The number of hydrogen-bond acceptors (Lipinski definition) is 4. The molecule has 114 valence electrons. The topological polar surface area (TPSA) is 53.3 Å². The van der Waals surface area contributed by atoms with Gasteiger partial charge in [0, 0.05) is 19.2 Å². The molecule has 0 aliphatic rings. The lowest BCUT2D eigenvalue weighted by molar-refractivity contribution is 0.269. The summed E-state index contributed by atoms with van der Waals surface area (Å²) in [6, 6.07) is 10.1. The van der Waals surface area contributed by atoms with Crippen molar-refractivity contribution < 1.29 is 5.11 Å². The molecule has 0 radical (unpaired) electrons. The van der Waals surface area contributed by atoms with Crippen molar-refractivity contribution in [2.24, 2.45) is 0 Å². The lowest BCUT2D eigenvalue weighted by atomic mass is 10.2. The second kappa shape index (κ2) is 6.74. The Morgan fingerprint density at radius 3 is 2.57 bits per heavy atom. The van der Waals surface area contributed by atoms with Gasteiger partial charge in [0.2, 0.25) is 0 Å². The zero-order valence-corrected chi connectivity index (χ0v) is 13.2. The van der Waals surface area contributed by atoms with E-state index in [1.165, 1.54) is 0 Å². The minimum atomic E-state index is 0.0270. The summed E-state index contributed by atoms with van der Waals surface area (Å²) in [4.78, 5) is 2.08. The normalized spacial score (nSPS) is 12.4. The van der Waals surface area contributed by atoms with Crippen molar-refractivity contribution in [2.45, 2.75) is 26.4 Å². The van der Waals surface area contributed by atoms with Crippen molar-refractivity contribution in [1.82, 2.24) is 15.1 Å². The number of nitrogens with zero attached hydrogens (tertiary/aromatic N) is 3. The summed E-state index contributed by atoms with van der Waals surface area (Å²) in [6.07, 6.45) is 0. The smallest absolute Gasteiger partial charge is 0.137 e. The summed E-state index contributed by atoms with van der Waals surface area (Å²) < 4.78 is 1.95. The van der Waals surface area contributed by atoms with Gasteiger partial charge in [-0.3, -0.25) is 0 Å². The molecule has 0 fully saturated rings. The summed E-state index contributed by atoms with van der Waals surface area (Å²) in [5.74, 6) is 1.02. The van der Waals surface area contributed by atoms with E-state index in [4.69, 9.17) is 5.10 Å².